The zero-order valence-electron chi connectivity index (χ0n) is 7.40. The summed E-state index contributed by atoms with van der Waals surface area (Å²) in [5, 5.41) is 3.29. The summed E-state index contributed by atoms with van der Waals surface area (Å²) in [6.45, 7) is 0.452. The Labute approximate surface area is 85.2 Å². The molecule has 1 aromatic rings. The zero-order valence-corrected chi connectivity index (χ0v) is 8.15. The predicted octanol–water partition coefficient (Wildman–Crippen LogP) is 2.82. The molecule has 0 unspecified atom stereocenters. The molecule has 2 nitrogen and oxygen atoms in total. The molecule has 0 atom stereocenters. The summed E-state index contributed by atoms with van der Waals surface area (Å²) in [5.74, 6) is -1.80. The summed E-state index contributed by atoms with van der Waals surface area (Å²) in [6.07, 6.45) is -0.164. The van der Waals surface area contributed by atoms with Crippen molar-refractivity contribution in [3.8, 4) is 0 Å². The van der Waals surface area contributed by atoms with Crippen molar-refractivity contribution in [1.29, 1.82) is 0 Å². The Kier molecular flexibility index (Phi) is 2.49. The largest absolute Gasteiger partial charge is 0.448 e. The second kappa shape index (κ2) is 3.51. The molecule has 14 heavy (non-hydrogen) atoms. The first-order valence-electron chi connectivity index (χ1n) is 4.41. The molecule has 0 aliphatic heterocycles. The SMILES string of the molecule is FC1(F)CC(NCc2ccc(Cl)o2)C1. The molecule has 1 heterocycles. The van der Waals surface area contributed by atoms with Gasteiger partial charge in [-0.25, -0.2) is 8.78 Å². The standard InChI is InChI=1S/C9H10ClF2NO/c10-8-2-1-7(14-8)5-13-6-3-9(11,12)4-6/h1-2,6,13H,3-5H2. The maximum absolute atomic E-state index is 12.4. The highest BCUT2D eigenvalue weighted by molar-refractivity contribution is 6.28. The van der Waals surface area contributed by atoms with Crippen LogP contribution < -0.4 is 5.32 Å². The molecular formula is C9H10ClF2NO. The lowest BCUT2D eigenvalue weighted by molar-refractivity contribution is -0.0932. The van der Waals surface area contributed by atoms with Crippen LogP contribution in [0.25, 0.3) is 0 Å². The lowest BCUT2D eigenvalue weighted by Gasteiger charge is -2.35. The molecule has 1 aliphatic carbocycles. The fourth-order valence-corrected chi connectivity index (χ4v) is 1.66. The average molecular weight is 222 g/mol. The molecule has 0 spiro atoms. The van der Waals surface area contributed by atoms with Crippen molar-refractivity contribution in [2.75, 3.05) is 0 Å². The van der Waals surface area contributed by atoms with Crippen molar-refractivity contribution in [3.63, 3.8) is 0 Å². The molecule has 1 saturated carbocycles. The van der Waals surface area contributed by atoms with E-state index in [-0.39, 0.29) is 18.9 Å². The van der Waals surface area contributed by atoms with Crippen LogP contribution in [-0.2, 0) is 6.54 Å². The Balaban J connectivity index is 1.74. The van der Waals surface area contributed by atoms with Crippen molar-refractivity contribution >= 4 is 11.6 Å². The molecule has 78 valence electrons. The highest BCUT2D eigenvalue weighted by Gasteiger charge is 2.44. The van der Waals surface area contributed by atoms with Crippen LogP contribution in [0.5, 0.6) is 0 Å². The number of hydrogen-bond donors (Lipinski definition) is 1. The lowest BCUT2D eigenvalue weighted by Crippen LogP contribution is -2.48. The van der Waals surface area contributed by atoms with Gasteiger partial charge in [0.05, 0.1) is 6.54 Å². The first-order chi connectivity index (χ1) is 6.55. The van der Waals surface area contributed by atoms with E-state index in [1.807, 2.05) is 0 Å². The molecular weight excluding hydrogens is 212 g/mol. The molecule has 2 rings (SSSR count). The van der Waals surface area contributed by atoms with Crippen LogP contribution in [0.2, 0.25) is 5.22 Å². The number of alkyl halides is 2. The van der Waals surface area contributed by atoms with Gasteiger partial charge in [-0.05, 0) is 23.7 Å². The van der Waals surface area contributed by atoms with E-state index in [4.69, 9.17) is 16.0 Å². The number of furan rings is 1. The van der Waals surface area contributed by atoms with E-state index in [2.05, 4.69) is 5.32 Å². The number of nitrogens with one attached hydrogen (secondary N) is 1. The van der Waals surface area contributed by atoms with Crippen molar-refractivity contribution in [2.24, 2.45) is 0 Å². The second-order valence-corrected chi connectivity index (χ2v) is 3.92. The molecule has 1 aromatic heterocycles. The van der Waals surface area contributed by atoms with Gasteiger partial charge in [-0.3, -0.25) is 0 Å². The van der Waals surface area contributed by atoms with Gasteiger partial charge in [0, 0.05) is 18.9 Å². The zero-order chi connectivity index (χ0) is 10.2. The van der Waals surface area contributed by atoms with E-state index in [0.29, 0.717) is 17.5 Å². The Bertz CT molecular complexity index is 318. The predicted molar refractivity (Wildman–Crippen MR) is 48.5 cm³/mol. The molecule has 0 radical (unpaired) electrons. The van der Waals surface area contributed by atoms with E-state index in [1.54, 1.807) is 12.1 Å². The third-order valence-electron chi connectivity index (χ3n) is 2.28. The maximum atomic E-state index is 12.4. The molecule has 1 aliphatic rings. The highest BCUT2D eigenvalue weighted by atomic mass is 35.5. The number of halogens is 3. The van der Waals surface area contributed by atoms with Gasteiger partial charge in [0.15, 0.2) is 5.22 Å². The Hall–Kier alpha value is -0.610. The van der Waals surface area contributed by atoms with Crippen LogP contribution in [-0.4, -0.2) is 12.0 Å². The fraction of sp³-hybridized carbons (Fsp3) is 0.556. The second-order valence-electron chi connectivity index (χ2n) is 3.55. The van der Waals surface area contributed by atoms with Gasteiger partial charge in [-0.15, -0.1) is 0 Å². The van der Waals surface area contributed by atoms with Gasteiger partial charge < -0.3 is 9.73 Å². The van der Waals surface area contributed by atoms with Gasteiger partial charge >= 0.3 is 0 Å². The van der Waals surface area contributed by atoms with E-state index in [0.717, 1.165) is 0 Å². The van der Waals surface area contributed by atoms with Crippen LogP contribution in [0.15, 0.2) is 16.5 Å². The first kappa shape index (κ1) is 9.93. The van der Waals surface area contributed by atoms with Crippen molar-refractivity contribution in [3.05, 3.63) is 23.1 Å². The molecule has 5 heteroatoms. The van der Waals surface area contributed by atoms with Gasteiger partial charge in [0.25, 0.3) is 5.92 Å². The fourth-order valence-electron chi connectivity index (χ4n) is 1.50. The number of hydrogen-bond acceptors (Lipinski definition) is 2. The van der Waals surface area contributed by atoms with E-state index < -0.39 is 5.92 Å². The van der Waals surface area contributed by atoms with Crippen molar-refractivity contribution in [2.45, 2.75) is 31.4 Å². The summed E-state index contributed by atoms with van der Waals surface area (Å²) < 4.78 is 29.9. The summed E-state index contributed by atoms with van der Waals surface area (Å²) in [5.41, 5.74) is 0. The van der Waals surface area contributed by atoms with Gasteiger partial charge in [-0.1, -0.05) is 0 Å². The normalized spacial score (nSPS) is 20.8. The summed E-state index contributed by atoms with van der Waals surface area (Å²) in [4.78, 5) is 0. The Morgan fingerprint density at radius 3 is 2.71 bits per heavy atom. The quantitative estimate of drug-likeness (QED) is 0.849. The monoisotopic (exact) mass is 221 g/mol. The minimum Gasteiger partial charge on any atom is -0.448 e. The smallest absolute Gasteiger partial charge is 0.251 e. The molecule has 0 saturated heterocycles. The van der Waals surface area contributed by atoms with Crippen LogP contribution in [0.4, 0.5) is 8.78 Å². The molecule has 0 amide bonds. The van der Waals surface area contributed by atoms with Crippen molar-refractivity contribution < 1.29 is 13.2 Å². The Morgan fingerprint density at radius 2 is 2.21 bits per heavy atom. The molecule has 0 aromatic carbocycles. The van der Waals surface area contributed by atoms with Gasteiger partial charge in [0.1, 0.15) is 5.76 Å². The summed E-state index contributed by atoms with van der Waals surface area (Å²) in [6, 6.07) is 3.26. The third kappa shape index (κ3) is 2.25. The summed E-state index contributed by atoms with van der Waals surface area (Å²) in [7, 11) is 0. The lowest BCUT2D eigenvalue weighted by atomic mass is 9.88. The van der Waals surface area contributed by atoms with Gasteiger partial charge in [0.2, 0.25) is 0 Å². The van der Waals surface area contributed by atoms with Crippen molar-refractivity contribution in [1.82, 2.24) is 5.32 Å². The third-order valence-corrected chi connectivity index (χ3v) is 2.49. The van der Waals surface area contributed by atoms with Gasteiger partial charge in [-0.2, -0.15) is 0 Å². The molecule has 1 fully saturated rings. The van der Waals surface area contributed by atoms with E-state index in [9.17, 15) is 8.78 Å². The van der Waals surface area contributed by atoms with Crippen LogP contribution in [0.1, 0.15) is 18.6 Å². The van der Waals surface area contributed by atoms with E-state index >= 15 is 0 Å². The molecule has 1 N–H and O–H groups in total. The van der Waals surface area contributed by atoms with Crippen LogP contribution in [0, 0.1) is 0 Å². The average Bonchev–Trinajstić information content (AvgIpc) is 2.44. The highest BCUT2D eigenvalue weighted by Crippen LogP contribution is 2.37. The van der Waals surface area contributed by atoms with Crippen LogP contribution in [0.3, 0.4) is 0 Å². The minimum absolute atomic E-state index is 0.0819. The maximum Gasteiger partial charge on any atom is 0.251 e. The topological polar surface area (TPSA) is 25.2 Å². The van der Waals surface area contributed by atoms with Crippen LogP contribution >= 0.6 is 11.6 Å². The Morgan fingerprint density at radius 1 is 1.50 bits per heavy atom. The number of rotatable bonds is 3. The first-order valence-corrected chi connectivity index (χ1v) is 4.78. The minimum atomic E-state index is -2.47. The summed E-state index contributed by atoms with van der Waals surface area (Å²) >= 11 is 5.55. The molecule has 0 bridgehead atoms. The van der Waals surface area contributed by atoms with E-state index in [1.165, 1.54) is 0 Å².